The average Bonchev–Trinajstić information content (AvgIpc) is 2.19. The van der Waals surface area contributed by atoms with Gasteiger partial charge < -0.3 is 4.74 Å². The van der Waals surface area contributed by atoms with Gasteiger partial charge in [-0.25, -0.2) is 4.79 Å². The van der Waals surface area contributed by atoms with Crippen molar-refractivity contribution in [2.75, 3.05) is 0 Å². The zero-order chi connectivity index (χ0) is 10.6. The van der Waals surface area contributed by atoms with Crippen LogP contribution in [0, 0.1) is 13.8 Å². The van der Waals surface area contributed by atoms with Crippen molar-refractivity contribution in [2.45, 2.75) is 20.5 Å². The molecule has 0 unspecified atom stereocenters. The summed E-state index contributed by atoms with van der Waals surface area (Å²) in [6, 6.07) is 6.08. The number of rotatable bonds is 3. The molecule has 74 valence electrons. The van der Waals surface area contributed by atoms with Crippen molar-refractivity contribution in [2.24, 2.45) is 0 Å². The fraction of sp³-hybridized carbons (Fsp3) is 0.250. The summed E-state index contributed by atoms with van der Waals surface area (Å²) in [6.45, 7) is 7.66. The second kappa shape index (κ2) is 4.61. The standard InChI is InChI=1S/C12H14O2/c1-4-12(13)14-8-11-7-9(2)5-6-10(11)3/h4-7H,1,8H2,2-3H3. The Bertz CT molecular complexity index is 353. The second-order valence-corrected chi connectivity index (χ2v) is 3.24. The van der Waals surface area contributed by atoms with E-state index in [4.69, 9.17) is 4.74 Å². The molecular weight excluding hydrogens is 176 g/mol. The fourth-order valence-electron chi connectivity index (χ4n) is 1.16. The summed E-state index contributed by atoms with van der Waals surface area (Å²) in [5.74, 6) is -0.383. The molecule has 0 aliphatic carbocycles. The molecule has 0 aromatic heterocycles. The van der Waals surface area contributed by atoms with Crippen molar-refractivity contribution in [3.8, 4) is 0 Å². The molecule has 1 aromatic rings. The fourth-order valence-corrected chi connectivity index (χ4v) is 1.16. The van der Waals surface area contributed by atoms with Gasteiger partial charge in [-0.3, -0.25) is 0 Å². The molecule has 0 saturated heterocycles. The maximum atomic E-state index is 10.8. The van der Waals surface area contributed by atoms with Gasteiger partial charge in [-0.1, -0.05) is 30.3 Å². The van der Waals surface area contributed by atoms with Crippen molar-refractivity contribution in [3.05, 3.63) is 47.5 Å². The van der Waals surface area contributed by atoms with E-state index in [0.29, 0.717) is 6.61 Å². The van der Waals surface area contributed by atoms with Gasteiger partial charge in [-0.2, -0.15) is 0 Å². The lowest BCUT2D eigenvalue weighted by molar-refractivity contribution is -0.138. The van der Waals surface area contributed by atoms with Crippen LogP contribution in [0.2, 0.25) is 0 Å². The van der Waals surface area contributed by atoms with Crippen molar-refractivity contribution in [1.82, 2.24) is 0 Å². The number of benzene rings is 1. The third-order valence-electron chi connectivity index (χ3n) is 2.04. The van der Waals surface area contributed by atoms with Gasteiger partial charge in [0.2, 0.25) is 0 Å². The summed E-state index contributed by atoms with van der Waals surface area (Å²) in [5, 5.41) is 0. The van der Waals surface area contributed by atoms with E-state index in [1.165, 1.54) is 11.6 Å². The van der Waals surface area contributed by atoms with Gasteiger partial charge in [0.15, 0.2) is 0 Å². The van der Waals surface area contributed by atoms with Crippen molar-refractivity contribution < 1.29 is 9.53 Å². The van der Waals surface area contributed by atoms with Crippen LogP contribution in [0.4, 0.5) is 0 Å². The highest BCUT2D eigenvalue weighted by Gasteiger charge is 2.01. The first-order chi connectivity index (χ1) is 6.63. The zero-order valence-corrected chi connectivity index (χ0v) is 8.54. The predicted molar refractivity (Wildman–Crippen MR) is 55.9 cm³/mol. The Balaban J connectivity index is 2.71. The average molecular weight is 190 g/mol. The molecule has 0 fully saturated rings. The van der Waals surface area contributed by atoms with Crippen LogP contribution in [0.15, 0.2) is 30.9 Å². The van der Waals surface area contributed by atoms with Crippen LogP contribution in [-0.4, -0.2) is 5.97 Å². The molecule has 2 nitrogen and oxygen atoms in total. The Morgan fingerprint density at radius 2 is 2.21 bits per heavy atom. The van der Waals surface area contributed by atoms with Gasteiger partial charge in [-0.15, -0.1) is 0 Å². The van der Waals surface area contributed by atoms with E-state index < -0.39 is 0 Å². The Hall–Kier alpha value is -1.57. The Kier molecular flexibility index (Phi) is 3.46. The van der Waals surface area contributed by atoms with Gasteiger partial charge in [0.05, 0.1) is 0 Å². The van der Waals surface area contributed by atoms with E-state index >= 15 is 0 Å². The Morgan fingerprint density at radius 3 is 2.86 bits per heavy atom. The number of esters is 1. The Morgan fingerprint density at radius 1 is 1.50 bits per heavy atom. The first-order valence-electron chi connectivity index (χ1n) is 4.49. The summed E-state index contributed by atoms with van der Waals surface area (Å²) >= 11 is 0. The first-order valence-corrected chi connectivity index (χ1v) is 4.49. The largest absolute Gasteiger partial charge is 0.458 e. The van der Waals surface area contributed by atoms with Gasteiger partial charge in [0.1, 0.15) is 6.61 Å². The number of hydrogen-bond acceptors (Lipinski definition) is 2. The van der Waals surface area contributed by atoms with E-state index in [0.717, 1.165) is 11.1 Å². The van der Waals surface area contributed by atoms with E-state index in [9.17, 15) is 4.79 Å². The maximum absolute atomic E-state index is 10.8. The van der Waals surface area contributed by atoms with Crippen molar-refractivity contribution >= 4 is 5.97 Å². The van der Waals surface area contributed by atoms with E-state index in [1.807, 2.05) is 32.0 Å². The lowest BCUT2D eigenvalue weighted by Gasteiger charge is -2.06. The molecule has 0 aliphatic rings. The molecule has 0 radical (unpaired) electrons. The number of ether oxygens (including phenoxy) is 1. The maximum Gasteiger partial charge on any atom is 0.330 e. The minimum atomic E-state index is -0.383. The summed E-state index contributed by atoms with van der Waals surface area (Å²) in [4.78, 5) is 10.8. The lowest BCUT2D eigenvalue weighted by atomic mass is 10.1. The number of aryl methyl sites for hydroxylation is 2. The molecule has 0 atom stereocenters. The van der Waals surface area contributed by atoms with E-state index in [2.05, 4.69) is 6.58 Å². The molecule has 14 heavy (non-hydrogen) atoms. The first kappa shape index (κ1) is 10.5. The molecule has 0 spiro atoms. The topological polar surface area (TPSA) is 26.3 Å². The highest BCUT2D eigenvalue weighted by molar-refractivity contribution is 5.81. The van der Waals surface area contributed by atoms with Crippen LogP contribution in [-0.2, 0) is 16.1 Å². The van der Waals surface area contributed by atoms with Crippen LogP contribution >= 0.6 is 0 Å². The van der Waals surface area contributed by atoms with Gasteiger partial charge >= 0.3 is 5.97 Å². The van der Waals surface area contributed by atoms with Crippen LogP contribution in [0.5, 0.6) is 0 Å². The van der Waals surface area contributed by atoms with E-state index in [-0.39, 0.29) is 5.97 Å². The van der Waals surface area contributed by atoms with Crippen LogP contribution in [0.1, 0.15) is 16.7 Å². The smallest absolute Gasteiger partial charge is 0.330 e. The minimum absolute atomic E-state index is 0.318. The third kappa shape index (κ3) is 2.73. The van der Waals surface area contributed by atoms with Crippen LogP contribution in [0.3, 0.4) is 0 Å². The summed E-state index contributed by atoms with van der Waals surface area (Å²) in [5.41, 5.74) is 3.34. The molecule has 1 rings (SSSR count). The molecule has 0 N–H and O–H groups in total. The number of carbonyl (C=O) groups is 1. The monoisotopic (exact) mass is 190 g/mol. The Labute approximate surface area is 84.2 Å². The normalized spacial score (nSPS) is 9.57. The molecule has 1 aromatic carbocycles. The van der Waals surface area contributed by atoms with Gasteiger partial charge in [0.25, 0.3) is 0 Å². The van der Waals surface area contributed by atoms with Crippen molar-refractivity contribution in [3.63, 3.8) is 0 Å². The summed E-state index contributed by atoms with van der Waals surface area (Å²) in [7, 11) is 0. The predicted octanol–water partition coefficient (Wildman–Crippen LogP) is 2.53. The van der Waals surface area contributed by atoms with Gasteiger partial charge in [-0.05, 0) is 25.0 Å². The second-order valence-electron chi connectivity index (χ2n) is 3.24. The molecule has 0 aliphatic heterocycles. The molecule has 0 amide bonds. The molecule has 2 heteroatoms. The SMILES string of the molecule is C=CC(=O)OCc1cc(C)ccc1C. The molecule has 0 bridgehead atoms. The minimum Gasteiger partial charge on any atom is -0.458 e. The lowest BCUT2D eigenvalue weighted by Crippen LogP contribution is -2.01. The molecule has 0 heterocycles. The van der Waals surface area contributed by atoms with Crippen LogP contribution in [0.25, 0.3) is 0 Å². The highest BCUT2D eigenvalue weighted by Crippen LogP contribution is 2.11. The zero-order valence-electron chi connectivity index (χ0n) is 8.54. The third-order valence-corrected chi connectivity index (χ3v) is 2.04. The van der Waals surface area contributed by atoms with Gasteiger partial charge in [0, 0.05) is 6.08 Å². The summed E-state index contributed by atoms with van der Waals surface area (Å²) < 4.78 is 4.96. The quantitative estimate of drug-likeness (QED) is 0.540. The number of hydrogen-bond donors (Lipinski definition) is 0. The highest BCUT2D eigenvalue weighted by atomic mass is 16.5. The number of carbonyl (C=O) groups excluding carboxylic acids is 1. The van der Waals surface area contributed by atoms with Crippen molar-refractivity contribution in [1.29, 1.82) is 0 Å². The molecule has 0 saturated carbocycles. The molecular formula is C12H14O2. The summed E-state index contributed by atoms with van der Waals surface area (Å²) in [6.07, 6.45) is 1.17. The van der Waals surface area contributed by atoms with E-state index in [1.54, 1.807) is 0 Å². The van der Waals surface area contributed by atoms with Crippen LogP contribution < -0.4 is 0 Å².